The number of aromatic nitrogens is 2. The van der Waals surface area contributed by atoms with E-state index in [0.717, 1.165) is 18.9 Å². The first-order valence-corrected chi connectivity index (χ1v) is 8.21. The Labute approximate surface area is 134 Å². The van der Waals surface area contributed by atoms with E-state index in [1.54, 1.807) is 6.07 Å². The molecule has 1 N–H and O–H groups in total. The molecule has 6 heteroatoms. The molecule has 0 spiro atoms. The molecule has 1 atom stereocenters. The second-order valence-corrected chi connectivity index (χ2v) is 6.10. The predicted molar refractivity (Wildman–Crippen MR) is 81.7 cm³/mol. The van der Waals surface area contributed by atoms with Crippen molar-refractivity contribution in [2.75, 3.05) is 0 Å². The molecule has 1 fully saturated rings. The average Bonchev–Trinajstić information content (AvgIpc) is 3.03. The molecule has 1 aromatic carbocycles. The second kappa shape index (κ2) is 7.64. The Morgan fingerprint density at radius 1 is 1.04 bits per heavy atom. The predicted octanol–water partition coefficient (Wildman–Crippen LogP) is 4.14. The van der Waals surface area contributed by atoms with Gasteiger partial charge in [0, 0.05) is 6.04 Å². The number of nitrogens with one attached hydrogen (secondary N) is 1. The van der Waals surface area contributed by atoms with Gasteiger partial charge in [0.05, 0.1) is 6.04 Å². The minimum absolute atomic E-state index is 0.312. The van der Waals surface area contributed by atoms with E-state index in [0.29, 0.717) is 17.4 Å². The van der Waals surface area contributed by atoms with E-state index >= 15 is 0 Å². The first-order chi connectivity index (χ1) is 11.2. The van der Waals surface area contributed by atoms with Crippen molar-refractivity contribution in [1.82, 2.24) is 15.5 Å². The van der Waals surface area contributed by atoms with Crippen molar-refractivity contribution in [1.29, 1.82) is 0 Å². The third kappa shape index (κ3) is 4.13. The minimum atomic E-state index is -0.865. The van der Waals surface area contributed by atoms with Crippen LogP contribution >= 0.6 is 0 Å². The summed E-state index contributed by atoms with van der Waals surface area (Å²) in [7, 11) is 0. The number of halogens is 2. The highest BCUT2D eigenvalue weighted by molar-refractivity contribution is 5.26. The summed E-state index contributed by atoms with van der Waals surface area (Å²) in [6.45, 7) is 0. The summed E-state index contributed by atoms with van der Waals surface area (Å²) < 4.78 is 31.7. The number of hydrogen-bond acceptors (Lipinski definition) is 4. The molecule has 0 bridgehead atoms. The molecule has 3 rings (SSSR count). The molecule has 1 aliphatic rings. The normalized spacial score (nSPS) is 18.3. The molecule has 0 unspecified atom stereocenters. The maximum Gasteiger partial charge on any atom is 0.213 e. The first-order valence-electron chi connectivity index (χ1n) is 8.21. The highest BCUT2D eigenvalue weighted by Gasteiger charge is 2.23. The van der Waals surface area contributed by atoms with Gasteiger partial charge in [-0.1, -0.05) is 43.3 Å². The summed E-state index contributed by atoms with van der Waals surface area (Å²) in [6, 6.07) is 3.82. The lowest BCUT2D eigenvalue weighted by Crippen LogP contribution is -2.34. The van der Waals surface area contributed by atoms with Gasteiger partial charge in [-0.2, -0.15) is 4.98 Å². The van der Waals surface area contributed by atoms with E-state index in [4.69, 9.17) is 4.52 Å². The van der Waals surface area contributed by atoms with Gasteiger partial charge in [0.15, 0.2) is 17.5 Å². The fourth-order valence-corrected chi connectivity index (χ4v) is 3.18. The number of benzene rings is 1. The van der Waals surface area contributed by atoms with Crippen molar-refractivity contribution >= 4 is 0 Å². The van der Waals surface area contributed by atoms with E-state index in [-0.39, 0.29) is 0 Å². The lowest BCUT2D eigenvalue weighted by molar-refractivity contribution is 0.354. The minimum Gasteiger partial charge on any atom is -0.343 e. The topological polar surface area (TPSA) is 51.0 Å². The van der Waals surface area contributed by atoms with Crippen LogP contribution < -0.4 is 5.32 Å². The maximum absolute atomic E-state index is 13.6. The Morgan fingerprint density at radius 3 is 2.43 bits per heavy atom. The number of rotatable bonds is 4. The summed E-state index contributed by atoms with van der Waals surface area (Å²) >= 11 is 0. The van der Waals surface area contributed by atoms with Crippen LogP contribution in [-0.4, -0.2) is 16.2 Å². The van der Waals surface area contributed by atoms with Crippen molar-refractivity contribution in [3.8, 4) is 0 Å². The highest BCUT2D eigenvalue weighted by Crippen LogP contribution is 2.25. The Morgan fingerprint density at radius 2 is 1.78 bits per heavy atom. The quantitative estimate of drug-likeness (QED) is 0.919. The van der Waals surface area contributed by atoms with Crippen LogP contribution in [0.4, 0.5) is 8.78 Å². The van der Waals surface area contributed by atoms with E-state index in [2.05, 4.69) is 15.5 Å². The van der Waals surface area contributed by atoms with E-state index < -0.39 is 17.7 Å². The smallest absolute Gasteiger partial charge is 0.213 e. The molecule has 1 aromatic heterocycles. The summed E-state index contributed by atoms with van der Waals surface area (Å²) in [6.07, 6.45) is 9.53. The molecule has 124 valence electrons. The van der Waals surface area contributed by atoms with Gasteiger partial charge >= 0.3 is 0 Å². The molecular weight excluding hydrogens is 300 g/mol. The highest BCUT2D eigenvalue weighted by atomic mass is 19.2. The van der Waals surface area contributed by atoms with Gasteiger partial charge in [-0.05, 0) is 30.5 Å². The Balaban J connectivity index is 1.82. The van der Waals surface area contributed by atoms with Gasteiger partial charge in [-0.25, -0.2) is 8.78 Å². The molecule has 1 saturated carbocycles. The van der Waals surface area contributed by atoms with Gasteiger partial charge in [-0.3, -0.25) is 0 Å². The fraction of sp³-hybridized carbons (Fsp3) is 0.529. The van der Waals surface area contributed by atoms with Crippen molar-refractivity contribution < 1.29 is 13.3 Å². The van der Waals surface area contributed by atoms with Crippen LogP contribution in [0.3, 0.4) is 0 Å². The Kier molecular flexibility index (Phi) is 5.33. The zero-order valence-corrected chi connectivity index (χ0v) is 13.0. The zero-order valence-electron chi connectivity index (χ0n) is 13.0. The van der Waals surface area contributed by atoms with Gasteiger partial charge in [0.2, 0.25) is 6.39 Å². The average molecular weight is 321 g/mol. The van der Waals surface area contributed by atoms with Crippen LogP contribution in [0, 0.1) is 11.6 Å². The largest absolute Gasteiger partial charge is 0.343 e. The molecule has 0 saturated heterocycles. The van der Waals surface area contributed by atoms with E-state index in [1.807, 2.05) is 0 Å². The summed E-state index contributed by atoms with van der Waals surface area (Å²) in [5.74, 6) is -1.28. The second-order valence-electron chi connectivity index (χ2n) is 6.10. The lowest BCUT2D eigenvalue weighted by Gasteiger charge is -2.26. The molecule has 4 nitrogen and oxygen atoms in total. The number of hydrogen-bond donors (Lipinski definition) is 1. The molecule has 0 amide bonds. The van der Waals surface area contributed by atoms with Crippen molar-refractivity contribution in [2.45, 2.75) is 57.0 Å². The fourth-order valence-electron chi connectivity index (χ4n) is 3.18. The molecule has 23 heavy (non-hydrogen) atoms. The van der Waals surface area contributed by atoms with Crippen LogP contribution in [0.5, 0.6) is 0 Å². The Bertz CT molecular complexity index is 610. The molecular formula is C17H21F2N3O. The van der Waals surface area contributed by atoms with Gasteiger partial charge in [0.25, 0.3) is 0 Å². The molecule has 0 radical (unpaired) electrons. The van der Waals surface area contributed by atoms with Gasteiger partial charge in [0.1, 0.15) is 0 Å². The zero-order chi connectivity index (χ0) is 16.1. The number of nitrogens with zero attached hydrogens (tertiary/aromatic N) is 2. The van der Waals surface area contributed by atoms with Crippen molar-refractivity contribution in [2.24, 2.45) is 0 Å². The van der Waals surface area contributed by atoms with Crippen LogP contribution in [0.1, 0.15) is 62.4 Å². The molecule has 0 aliphatic heterocycles. The van der Waals surface area contributed by atoms with Crippen LogP contribution in [-0.2, 0) is 0 Å². The SMILES string of the molecule is Fc1ccc([C@@H](NC2CCCCCCC2)c2ncon2)cc1F. The third-order valence-electron chi connectivity index (χ3n) is 4.42. The summed E-state index contributed by atoms with van der Waals surface area (Å²) in [5, 5.41) is 7.40. The Hall–Kier alpha value is -1.82. The van der Waals surface area contributed by atoms with E-state index in [9.17, 15) is 8.78 Å². The molecule has 1 aliphatic carbocycles. The van der Waals surface area contributed by atoms with Gasteiger partial charge in [-0.15, -0.1) is 0 Å². The molecule has 1 heterocycles. The van der Waals surface area contributed by atoms with Crippen LogP contribution in [0.25, 0.3) is 0 Å². The van der Waals surface area contributed by atoms with E-state index in [1.165, 1.54) is 44.6 Å². The summed E-state index contributed by atoms with van der Waals surface area (Å²) in [5.41, 5.74) is 0.604. The first kappa shape index (κ1) is 16.1. The maximum atomic E-state index is 13.6. The van der Waals surface area contributed by atoms with Gasteiger partial charge < -0.3 is 9.84 Å². The summed E-state index contributed by atoms with van der Waals surface area (Å²) in [4.78, 5) is 4.10. The standard InChI is InChI=1S/C17H21F2N3O/c18-14-9-8-12(10-15(14)19)16(17-20-11-23-22-17)21-13-6-4-2-1-3-5-7-13/h8-11,13,16,21H,1-7H2/t16-/m1/s1. The van der Waals surface area contributed by atoms with Crippen molar-refractivity contribution in [3.05, 3.63) is 47.6 Å². The monoisotopic (exact) mass is 321 g/mol. The lowest BCUT2D eigenvalue weighted by atomic mass is 9.95. The van der Waals surface area contributed by atoms with Crippen LogP contribution in [0.15, 0.2) is 29.1 Å². The third-order valence-corrected chi connectivity index (χ3v) is 4.42. The van der Waals surface area contributed by atoms with Crippen LogP contribution in [0.2, 0.25) is 0 Å². The molecule has 2 aromatic rings. The van der Waals surface area contributed by atoms with Crippen molar-refractivity contribution in [3.63, 3.8) is 0 Å².